The van der Waals surface area contributed by atoms with Crippen molar-refractivity contribution in [1.82, 2.24) is 0 Å². The highest BCUT2D eigenvalue weighted by Crippen LogP contribution is 2.37. The van der Waals surface area contributed by atoms with E-state index < -0.39 is 0 Å². The molecule has 17 heavy (non-hydrogen) atoms. The fourth-order valence-corrected chi connectivity index (χ4v) is 2.61. The monoisotopic (exact) mass is 286 g/mol. The van der Waals surface area contributed by atoms with E-state index in [-0.39, 0.29) is 0 Å². The molecule has 0 aliphatic rings. The van der Waals surface area contributed by atoms with Crippen molar-refractivity contribution >= 4 is 34.8 Å². The van der Waals surface area contributed by atoms with Crippen molar-refractivity contribution in [1.29, 1.82) is 0 Å². The number of rotatable bonds is 2. The van der Waals surface area contributed by atoms with E-state index in [1.54, 1.807) is 19.2 Å². The molecule has 0 fully saturated rings. The summed E-state index contributed by atoms with van der Waals surface area (Å²) < 4.78 is 5.10. The van der Waals surface area contributed by atoms with Crippen molar-refractivity contribution in [3.05, 3.63) is 51.5 Å². The highest BCUT2D eigenvalue weighted by atomic mass is 35.5. The molecule has 0 aliphatic heterocycles. The molecule has 4 heteroatoms. The average Bonchev–Trinajstić information content (AvgIpc) is 2.28. The van der Waals surface area contributed by atoms with Gasteiger partial charge in [0.2, 0.25) is 0 Å². The summed E-state index contributed by atoms with van der Waals surface area (Å²) in [4.78, 5) is 0. The summed E-state index contributed by atoms with van der Waals surface area (Å²) in [5, 5.41) is 1.59. The van der Waals surface area contributed by atoms with E-state index in [2.05, 4.69) is 0 Å². The minimum atomic E-state index is 0.525. The minimum Gasteiger partial charge on any atom is -0.497 e. The maximum absolute atomic E-state index is 6.14. The zero-order chi connectivity index (χ0) is 12.4. The van der Waals surface area contributed by atoms with Crippen molar-refractivity contribution in [2.24, 2.45) is 0 Å². The summed E-state index contributed by atoms with van der Waals surface area (Å²) in [7, 11) is 1.62. The Balaban J connectivity index is 2.52. The Bertz CT molecular complexity index is 512. The average molecular weight is 288 g/mol. The molecular formula is C13H9Cl3O. The first-order chi connectivity index (χ1) is 8.11. The van der Waals surface area contributed by atoms with E-state index in [9.17, 15) is 0 Å². The molecular weight excluding hydrogens is 279 g/mol. The van der Waals surface area contributed by atoms with Crippen LogP contribution in [0, 0.1) is 0 Å². The van der Waals surface area contributed by atoms with Gasteiger partial charge in [0, 0.05) is 10.6 Å². The summed E-state index contributed by atoms with van der Waals surface area (Å²) in [5.41, 5.74) is 1.71. The van der Waals surface area contributed by atoms with Gasteiger partial charge in [0.1, 0.15) is 5.75 Å². The highest BCUT2D eigenvalue weighted by molar-refractivity contribution is 6.41. The van der Waals surface area contributed by atoms with Crippen molar-refractivity contribution < 1.29 is 4.74 Å². The SMILES string of the molecule is COc1ccc(-c2c(Cl)cc(Cl)cc2Cl)cc1. The Labute approximate surface area is 115 Å². The smallest absolute Gasteiger partial charge is 0.118 e. The summed E-state index contributed by atoms with van der Waals surface area (Å²) >= 11 is 18.2. The van der Waals surface area contributed by atoms with Gasteiger partial charge in [-0.1, -0.05) is 46.9 Å². The normalized spacial score (nSPS) is 10.4. The van der Waals surface area contributed by atoms with Crippen LogP contribution in [0.2, 0.25) is 15.1 Å². The van der Waals surface area contributed by atoms with Crippen LogP contribution in [0.15, 0.2) is 36.4 Å². The van der Waals surface area contributed by atoms with Gasteiger partial charge in [-0.25, -0.2) is 0 Å². The summed E-state index contributed by atoms with van der Waals surface area (Å²) in [6, 6.07) is 10.9. The maximum atomic E-state index is 6.14. The van der Waals surface area contributed by atoms with Crippen molar-refractivity contribution in [3.63, 3.8) is 0 Å². The maximum Gasteiger partial charge on any atom is 0.118 e. The lowest BCUT2D eigenvalue weighted by atomic mass is 10.1. The Hall–Kier alpha value is -0.890. The lowest BCUT2D eigenvalue weighted by Gasteiger charge is -2.08. The Morgan fingerprint density at radius 2 is 1.41 bits per heavy atom. The van der Waals surface area contributed by atoms with Crippen LogP contribution in [0.5, 0.6) is 5.75 Å². The molecule has 2 rings (SSSR count). The largest absolute Gasteiger partial charge is 0.497 e. The first kappa shape index (κ1) is 12.6. The third-order valence-electron chi connectivity index (χ3n) is 2.39. The predicted molar refractivity (Wildman–Crippen MR) is 73.5 cm³/mol. The van der Waals surface area contributed by atoms with Gasteiger partial charge < -0.3 is 4.74 Å². The molecule has 1 nitrogen and oxygen atoms in total. The zero-order valence-corrected chi connectivity index (χ0v) is 11.3. The fourth-order valence-electron chi connectivity index (χ4n) is 1.58. The molecule has 0 saturated carbocycles. The molecule has 88 valence electrons. The molecule has 0 amide bonds. The Morgan fingerprint density at radius 1 is 0.882 bits per heavy atom. The van der Waals surface area contributed by atoms with Crippen LogP contribution in [-0.2, 0) is 0 Å². The molecule has 0 saturated heterocycles. The molecule has 0 radical (unpaired) electrons. The lowest BCUT2D eigenvalue weighted by Crippen LogP contribution is -1.85. The molecule has 0 aromatic heterocycles. The summed E-state index contributed by atoms with van der Waals surface area (Å²) in [5.74, 6) is 0.787. The predicted octanol–water partition coefficient (Wildman–Crippen LogP) is 5.32. The number of benzene rings is 2. The highest BCUT2D eigenvalue weighted by Gasteiger charge is 2.10. The van der Waals surface area contributed by atoms with Crippen molar-refractivity contribution in [3.8, 4) is 16.9 Å². The molecule has 0 heterocycles. The molecule has 2 aromatic carbocycles. The molecule has 0 spiro atoms. The Morgan fingerprint density at radius 3 is 1.88 bits per heavy atom. The molecule has 2 aromatic rings. The second-order valence-electron chi connectivity index (χ2n) is 3.47. The van der Waals surface area contributed by atoms with Gasteiger partial charge in [0.05, 0.1) is 17.2 Å². The van der Waals surface area contributed by atoms with Crippen molar-refractivity contribution in [2.45, 2.75) is 0 Å². The van der Waals surface area contributed by atoms with Crippen LogP contribution in [0.1, 0.15) is 0 Å². The second kappa shape index (κ2) is 5.18. The van der Waals surface area contributed by atoms with Crippen LogP contribution >= 0.6 is 34.8 Å². The minimum absolute atomic E-state index is 0.525. The molecule has 0 aliphatic carbocycles. The second-order valence-corrected chi connectivity index (χ2v) is 4.72. The van der Waals surface area contributed by atoms with Gasteiger partial charge >= 0.3 is 0 Å². The van der Waals surface area contributed by atoms with Gasteiger partial charge in [0.15, 0.2) is 0 Å². The topological polar surface area (TPSA) is 9.23 Å². The van der Waals surface area contributed by atoms with Gasteiger partial charge in [-0.05, 0) is 29.8 Å². The summed E-state index contributed by atoms with van der Waals surface area (Å²) in [6.07, 6.45) is 0. The van der Waals surface area contributed by atoms with Gasteiger partial charge in [-0.15, -0.1) is 0 Å². The molecule has 0 bridgehead atoms. The van der Waals surface area contributed by atoms with Crippen LogP contribution in [-0.4, -0.2) is 7.11 Å². The first-order valence-corrected chi connectivity index (χ1v) is 6.04. The van der Waals surface area contributed by atoms with E-state index in [0.717, 1.165) is 16.9 Å². The van der Waals surface area contributed by atoms with E-state index in [1.807, 2.05) is 24.3 Å². The zero-order valence-electron chi connectivity index (χ0n) is 9.01. The quantitative estimate of drug-likeness (QED) is 0.726. The molecule has 0 atom stereocenters. The molecule has 0 unspecified atom stereocenters. The van der Waals surface area contributed by atoms with Crippen molar-refractivity contribution in [2.75, 3.05) is 7.11 Å². The number of hydrogen-bond donors (Lipinski definition) is 0. The number of hydrogen-bond acceptors (Lipinski definition) is 1. The fraction of sp³-hybridized carbons (Fsp3) is 0.0769. The first-order valence-electron chi connectivity index (χ1n) is 4.91. The van der Waals surface area contributed by atoms with E-state index >= 15 is 0 Å². The van der Waals surface area contributed by atoms with Gasteiger partial charge in [0.25, 0.3) is 0 Å². The standard InChI is InChI=1S/C13H9Cl3O/c1-17-10-4-2-8(3-5-10)13-11(15)6-9(14)7-12(13)16/h2-7H,1H3. The number of ether oxygens (including phenoxy) is 1. The van der Waals surface area contributed by atoms with Gasteiger partial charge in [-0.2, -0.15) is 0 Å². The van der Waals surface area contributed by atoms with Crippen LogP contribution in [0.3, 0.4) is 0 Å². The van der Waals surface area contributed by atoms with E-state index in [0.29, 0.717) is 15.1 Å². The lowest BCUT2D eigenvalue weighted by molar-refractivity contribution is 0.415. The third kappa shape index (κ3) is 2.68. The third-order valence-corrected chi connectivity index (χ3v) is 3.20. The Kier molecular flexibility index (Phi) is 3.82. The van der Waals surface area contributed by atoms with Gasteiger partial charge in [-0.3, -0.25) is 0 Å². The van der Waals surface area contributed by atoms with E-state index in [1.165, 1.54) is 0 Å². The number of methoxy groups -OCH3 is 1. The summed E-state index contributed by atoms with van der Waals surface area (Å²) in [6.45, 7) is 0. The molecule has 0 N–H and O–H groups in total. The van der Waals surface area contributed by atoms with Crippen LogP contribution < -0.4 is 4.74 Å². The van der Waals surface area contributed by atoms with E-state index in [4.69, 9.17) is 39.5 Å². The van der Waals surface area contributed by atoms with Crippen LogP contribution in [0.4, 0.5) is 0 Å². The van der Waals surface area contributed by atoms with Crippen LogP contribution in [0.25, 0.3) is 11.1 Å². The number of halogens is 3.